The molecule has 0 spiro atoms. The highest BCUT2D eigenvalue weighted by molar-refractivity contribution is 5.51. The molecular weight excluding hydrogens is 152 g/mol. The summed E-state index contributed by atoms with van der Waals surface area (Å²) in [6, 6.07) is 1.85. The lowest BCUT2D eigenvalue weighted by atomic mass is 10.2. The zero-order chi connectivity index (χ0) is 9.14. The highest BCUT2D eigenvalue weighted by Gasteiger charge is 2.02. The van der Waals surface area contributed by atoms with Crippen molar-refractivity contribution in [3.8, 4) is 5.88 Å². The van der Waals surface area contributed by atoms with Crippen LogP contribution in [0, 0.1) is 13.8 Å². The van der Waals surface area contributed by atoms with Crippen molar-refractivity contribution in [2.45, 2.75) is 20.8 Å². The Kier molecular flexibility index (Phi) is 2.53. The van der Waals surface area contributed by atoms with Gasteiger partial charge in [0, 0.05) is 6.07 Å². The van der Waals surface area contributed by atoms with Gasteiger partial charge in [-0.25, -0.2) is 4.98 Å². The lowest BCUT2D eigenvalue weighted by molar-refractivity contribution is 0.326. The van der Waals surface area contributed by atoms with Gasteiger partial charge in [0.2, 0.25) is 5.88 Å². The maximum atomic E-state index is 5.73. The van der Waals surface area contributed by atoms with Crippen LogP contribution >= 0.6 is 0 Å². The van der Waals surface area contributed by atoms with Crippen molar-refractivity contribution in [1.29, 1.82) is 0 Å². The SMILES string of the molecule is CCOc1cc(C)c(N)c(C)n1. The van der Waals surface area contributed by atoms with Gasteiger partial charge in [-0.1, -0.05) is 0 Å². The largest absolute Gasteiger partial charge is 0.478 e. The molecule has 0 aromatic carbocycles. The van der Waals surface area contributed by atoms with Crippen LogP contribution in [0.3, 0.4) is 0 Å². The molecule has 0 saturated heterocycles. The third-order valence-corrected chi connectivity index (χ3v) is 1.72. The van der Waals surface area contributed by atoms with Crippen LogP contribution in [0.25, 0.3) is 0 Å². The van der Waals surface area contributed by atoms with E-state index in [0.717, 1.165) is 16.9 Å². The number of pyridine rings is 1. The molecule has 1 rings (SSSR count). The third-order valence-electron chi connectivity index (χ3n) is 1.72. The molecule has 66 valence electrons. The number of nitrogens with zero attached hydrogens (tertiary/aromatic N) is 1. The van der Waals surface area contributed by atoms with Crippen molar-refractivity contribution in [2.75, 3.05) is 12.3 Å². The number of aromatic nitrogens is 1. The summed E-state index contributed by atoms with van der Waals surface area (Å²) in [5, 5.41) is 0. The number of rotatable bonds is 2. The number of hydrogen-bond acceptors (Lipinski definition) is 3. The number of nitrogen functional groups attached to an aromatic ring is 1. The molecule has 0 aliphatic rings. The summed E-state index contributed by atoms with van der Waals surface area (Å²) in [5.74, 6) is 0.654. The molecule has 0 saturated carbocycles. The Morgan fingerprint density at radius 3 is 2.67 bits per heavy atom. The van der Waals surface area contributed by atoms with Crippen LogP contribution in [0.1, 0.15) is 18.2 Å². The minimum atomic E-state index is 0.635. The Bertz CT molecular complexity index is 261. The normalized spacial score (nSPS) is 9.92. The highest BCUT2D eigenvalue weighted by atomic mass is 16.5. The van der Waals surface area contributed by atoms with E-state index in [1.165, 1.54) is 0 Å². The van der Waals surface area contributed by atoms with E-state index in [0.29, 0.717) is 12.5 Å². The average molecular weight is 166 g/mol. The minimum Gasteiger partial charge on any atom is -0.478 e. The van der Waals surface area contributed by atoms with Gasteiger partial charge in [-0.15, -0.1) is 0 Å². The lowest BCUT2D eigenvalue weighted by Gasteiger charge is -2.07. The molecule has 1 aromatic heterocycles. The molecule has 0 bridgehead atoms. The first-order valence-electron chi connectivity index (χ1n) is 4.01. The van der Waals surface area contributed by atoms with E-state index in [1.807, 2.05) is 26.8 Å². The van der Waals surface area contributed by atoms with Crippen molar-refractivity contribution in [2.24, 2.45) is 0 Å². The topological polar surface area (TPSA) is 48.1 Å². The van der Waals surface area contributed by atoms with Gasteiger partial charge >= 0.3 is 0 Å². The molecule has 0 radical (unpaired) electrons. The molecule has 3 heteroatoms. The van der Waals surface area contributed by atoms with Crippen molar-refractivity contribution >= 4 is 5.69 Å². The van der Waals surface area contributed by atoms with Gasteiger partial charge in [-0.05, 0) is 26.3 Å². The van der Waals surface area contributed by atoms with Crippen LogP contribution in [-0.4, -0.2) is 11.6 Å². The molecule has 12 heavy (non-hydrogen) atoms. The summed E-state index contributed by atoms with van der Waals surface area (Å²) in [4.78, 5) is 4.18. The monoisotopic (exact) mass is 166 g/mol. The van der Waals surface area contributed by atoms with Crippen molar-refractivity contribution in [3.05, 3.63) is 17.3 Å². The Balaban J connectivity index is 3.04. The van der Waals surface area contributed by atoms with Crippen LogP contribution < -0.4 is 10.5 Å². The zero-order valence-corrected chi connectivity index (χ0v) is 7.72. The van der Waals surface area contributed by atoms with Crippen molar-refractivity contribution in [1.82, 2.24) is 4.98 Å². The van der Waals surface area contributed by atoms with Crippen molar-refractivity contribution < 1.29 is 4.74 Å². The number of ether oxygens (including phenoxy) is 1. The first-order valence-corrected chi connectivity index (χ1v) is 4.01. The molecule has 0 aliphatic heterocycles. The first-order chi connectivity index (χ1) is 5.65. The van der Waals surface area contributed by atoms with Gasteiger partial charge in [-0.3, -0.25) is 0 Å². The average Bonchev–Trinajstić information content (AvgIpc) is 2.01. The predicted octanol–water partition coefficient (Wildman–Crippen LogP) is 1.68. The first kappa shape index (κ1) is 8.84. The molecule has 2 N–H and O–H groups in total. The number of aryl methyl sites for hydroxylation is 2. The molecular formula is C9H14N2O. The van der Waals surface area contributed by atoms with E-state index >= 15 is 0 Å². The minimum absolute atomic E-state index is 0.635. The Labute approximate surface area is 72.6 Å². The standard InChI is InChI=1S/C9H14N2O/c1-4-12-8-5-6(2)9(10)7(3)11-8/h5H,4,10H2,1-3H3. The Morgan fingerprint density at radius 1 is 1.50 bits per heavy atom. The third kappa shape index (κ3) is 1.67. The molecule has 0 aliphatic carbocycles. The second-order valence-corrected chi connectivity index (χ2v) is 2.71. The van der Waals surface area contributed by atoms with Crippen molar-refractivity contribution in [3.63, 3.8) is 0 Å². The quantitative estimate of drug-likeness (QED) is 0.727. The fraction of sp³-hybridized carbons (Fsp3) is 0.444. The van der Waals surface area contributed by atoms with Crippen LogP contribution in [0.15, 0.2) is 6.07 Å². The summed E-state index contributed by atoms with van der Waals surface area (Å²) in [6.07, 6.45) is 0. The molecule has 0 atom stereocenters. The van der Waals surface area contributed by atoms with E-state index < -0.39 is 0 Å². The van der Waals surface area contributed by atoms with E-state index in [2.05, 4.69) is 4.98 Å². The van der Waals surface area contributed by atoms with Gasteiger partial charge in [0.1, 0.15) is 0 Å². The maximum absolute atomic E-state index is 5.73. The van der Waals surface area contributed by atoms with Gasteiger partial charge in [-0.2, -0.15) is 0 Å². The predicted molar refractivity (Wildman–Crippen MR) is 49.3 cm³/mol. The van der Waals surface area contributed by atoms with Crippen LogP contribution in [-0.2, 0) is 0 Å². The Morgan fingerprint density at radius 2 is 2.17 bits per heavy atom. The van der Waals surface area contributed by atoms with E-state index in [4.69, 9.17) is 10.5 Å². The number of anilines is 1. The van der Waals surface area contributed by atoms with E-state index in [-0.39, 0.29) is 0 Å². The highest BCUT2D eigenvalue weighted by Crippen LogP contribution is 2.19. The molecule has 1 heterocycles. The Hall–Kier alpha value is -1.25. The number of nitrogens with two attached hydrogens (primary N) is 1. The van der Waals surface area contributed by atoms with E-state index in [1.54, 1.807) is 0 Å². The molecule has 0 unspecified atom stereocenters. The summed E-state index contributed by atoms with van der Waals surface area (Å²) in [7, 11) is 0. The summed E-state index contributed by atoms with van der Waals surface area (Å²) >= 11 is 0. The lowest BCUT2D eigenvalue weighted by Crippen LogP contribution is -2.00. The number of hydrogen-bond donors (Lipinski definition) is 1. The van der Waals surface area contributed by atoms with Gasteiger partial charge in [0.25, 0.3) is 0 Å². The smallest absolute Gasteiger partial charge is 0.213 e. The van der Waals surface area contributed by atoms with E-state index in [9.17, 15) is 0 Å². The second-order valence-electron chi connectivity index (χ2n) is 2.71. The second kappa shape index (κ2) is 3.43. The molecule has 0 fully saturated rings. The van der Waals surface area contributed by atoms with Crippen LogP contribution in [0.4, 0.5) is 5.69 Å². The van der Waals surface area contributed by atoms with Gasteiger partial charge < -0.3 is 10.5 Å². The fourth-order valence-electron chi connectivity index (χ4n) is 1.03. The van der Waals surface area contributed by atoms with Gasteiger partial charge in [0.05, 0.1) is 18.0 Å². The van der Waals surface area contributed by atoms with Crippen LogP contribution in [0.2, 0.25) is 0 Å². The van der Waals surface area contributed by atoms with Gasteiger partial charge in [0.15, 0.2) is 0 Å². The molecule has 3 nitrogen and oxygen atoms in total. The summed E-state index contributed by atoms with van der Waals surface area (Å²) < 4.78 is 5.26. The van der Waals surface area contributed by atoms with Crippen LogP contribution in [0.5, 0.6) is 5.88 Å². The zero-order valence-electron chi connectivity index (χ0n) is 7.72. The summed E-state index contributed by atoms with van der Waals surface area (Å²) in [5.41, 5.74) is 8.33. The fourth-order valence-corrected chi connectivity index (χ4v) is 1.03. The molecule has 0 amide bonds. The summed E-state index contributed by atoms with van der Waals surface area (Å²) in [6.45, 7) is 6.40. The maximum Gasteiger partial charge on any atom is 0.213 e. The molecule has 1 aromatic rings.